The second-order valence-corrected chi connectivity index (χ2v) is 14.1. The summed E-state index contributed by atoms with van der Waals surface area (Å²) in [6, 6.07) is 8.70. The summed E-state index contributed by atoms with van der Waals surface area (Å²) in [5, 5.41) is 10.4. The van der Waals surface area contributed by atoms with Crippen LogP contribution in [-0.4, -0.2) is 92.7 Å². The average molecular weight is 625 g/mol. The summed E-state index contributed by atoms with van der Waals surface area (Å²) in [7, 11) is -4.73. The second-order valence-electron chi connectivity index (χ2n) is 9.07. The number of ether oxygens (including phenoxy) is 4. The van der Waals surface area contributed by atoms with Crippen LogP contribution in [0.2, 0.25) is 0 Å². The monoisotopic (exact) mass is 624 g/mol. The van der Waals surface area contributed by atoms with E-state index in [2.05, 4.69) is 20.2 Å². The molecule has 3 heterocycles. The van der Waals surface area contributed by atoms with Crippen LogP contribution in [-0.2, 0) is 37.1 Å². The van der Waals surface area contributed by atoms with Crippen LogP contribution >= 0.6 is 26.0 Å². The molecule has 2 aromatic rings. The van der Waals surface area contributed by atoms with Crippen molar-refractivity contribution in [2.24, 2.45) is 0 Å². The Bertz CT molecular complexity index is 1250. The molecular formula is C21H30N4O12P2S. The van der Waals surface area contributed by atoms with Crippen LogP contribution in [0.25, 0.3) is 0 Å². The molecule has 0 saturated carbocycles. The average Bonchev–Trinajstić information content (AvgIpc) is 3.55. The van der Waals surface area contributed by atoms with Gasteiger partial charge in [-0.15, -0.1) is 5.10 Å². The van der Waals surface area contributed by atoms with Crippen LogP contribution in [0.1, 0.15) is 30.6 Å². The van der Waals surface area contributed by atoms with Crippen molar-refractivity contribution in [3.05, 3.63) is 42.2 Å². The maximum absolute atomic E-state index is 12.5. The minimum absolute atomic E-state index is 0.0178. The quantitative estimate of drug-likeness (QED) is 0.173. The smallest absolute Gasteiger partial charge is 0.377 e. The molecule has 2 saturated heterocycles. The molecule has 222 valence electrons. The maximum atomic E-state index is 12.5. The fourth-order valence-corrected chi connectivity index (χ4v) is 6.75. The Labute approximate surface area is 233 Å². The van der Waals surface area contributed by atoms with E-state index >= 15 is 0 Å². The van der Waals surface area contributed by atoms with Gasteiger partial charge in [-0.05, 0) is 37.4 Å². The number of phosphoric ester groups is 1. The lowest BCUT2D eigenvalue weighted by Gasteiger charge is -2.24. The summed E-state index contributed by atoms with van der Waals surface area (Å²) in [5.74, 6) is -1.52. The van der Waals surface area contributed by atoms with Crippen molar-refractivity contribution in [3.63, 3.8) is 0 Å². The Morgan fingerprint density at radius 3 is 2.55 bits per heavy atom. The molecule has 1 amide bonds. The highest BCUT2D eigenvalue weighted by Crippen LogP contribution is 2.59. The number of hydrogen-bond donors (Lipinski definition) is 4. The number of nitrogens with one attached hydrogen (secondary N) is 1. The summed E-state index contributed by atoms with van der Waals surface area (Å²) in [5.41, 5.74) is -0.0178. The van der Waals surface area contributed by atoms with E-state index < -0.39 is 57.5 Å². The van der Waals surface area contributed by atoms with E-state index in [-0.39, 0.29) is 32.1 Å². The Balaban J connectivity index is 1.20. The van der Waals surface area contributed by atoms with Crippen molar-refractivity contribution in [2.45, 2.75) is 49.1 Å². The molecule has 1 unspecified atom stereocenters. The first-order valence-electron chi connectivity index (χ1n) is 12.0. The third kappa shape index (κ3) is 8.89. The van der Waals surface area contributed by atoms with E-state index in [1.54, 1.807) is 44.2 Å². The fraction of sp³-hybridized carbons (Fsp3) is 0.571. The Hall–Kier alpha value is -1.72. The number of rotatable bonds is 14. The Morgan fingerprint density at radius 1 is 1.10 bits per heavy atom. The summed E-state index contributed by atoms with van der Waals surface area (Å²) in [4.78, 5) is 41.1. The SMILES string of the molecule is CC1(C)O[C@@H]2[C@H](O1)[C@@H](COP(=O)(O)O)O[C@H]2n1cc(C(=O)NCCOCCOP(=O)(O)Sc2ccccc2)nn1. The highest BCUT2D eigenvalue weighted by Gasteiger charge is 2.56. The number of hydrogen-bond acceptors (Lipinski definition) is 12. The number of aromatic nitrogens is 3. The summed E-state index contributed by atoms with van der Waals surface area (Å²) in [6.45, 7) is -0.793. The largest absolute Gasteiger partial charge is 0.469 e. The zero-order chi connectivity index (χ0) is 29.0. The van der Waals surface area contributed by atoms with Gasteiger partial charge in [0.1, 0.15) is 18.3 Å². The molecular weight excluding hydrogens is 594 g/mol. The van der Waals surface area contributed by atoms with Gasteiger partial charge in [-0.2, -0.15) is 0 Å². The van der Waals surface area contributed by atoms with Crippen molar-refractivity contribution in [2.75, 3.05) is 33.0 Å². The third-order valence-corrected chi connectivity index (χ3v) is 8.86. The zero-order valence-electron chi connectivity index (χ0n) is 21.5. The molecule has 0 radical (unpaired) electrons. The molecule has 4 rings (SSSR count). The van der Waals surface area contributed by atoms with Crippen molar-refractivity contribution in [1.82, 2.24) is 20.3 Å². The summed E-state index contributed by atoms with van der Waals surface area (Å²) in [6.07, 6.45) is -1.82. The minimum Gasteiger partial charge on any atom is -0.377 e. The number of carbonyl (C=O) groups is 1. The van der Waals surface area contributed by atoms with E-state index in [0.717, 1.165) is 11.4 Å². The molecule has 0 bridgehead atoms. The molecule has 5 atom stereocenters. The first-order valence-corrected chi connectivity index (χ1v) is 16.6. The molecule has 16 nitrogen and oxygen atoms in total. The van der Waals surface area contributed by atoms with Crippen molar-refractivity contribution in [3.8, 4) is 0 Å². The van der Waals surface area contributed by atoms with E-state index in [1.165, 1.54) is 10.9 Å². The van der Waals surface area contributed by atoms with E-state index in [1.807, 2.05) is 0 Å². The van der Waals surface area contributed by atoms with Crippen molar-refractivity contribution < 1.29 is 56.6 Å². The predicted octanol–water partition coefficient (Wildman–Crippen LogP) is 1.46. The van der Waals surface area contributed by atoms with Gasteiger partial charge < -0.3 is 38.9 Å². The lowest BCUT2D eigenvalue weighted by atomic mass is 10.1. The molecule has 4 N–H and O–H groups in total. The van der Waals surface area contributed by atoms with E-state index in [0.29, 0.717) is 4.90 Å². The molecule has 2 fully saturated rings. The van der Waals surface area contributed by atoms with Crippen LogP contribution in [0.5, 0.6) is 0 Å². The zero-order valence-corrected chi connectivity index (χ0v) is 24.1. The number of nitrogens with zero attached hydrogens (tertiary/aromatic N) is 3. The molecule has 19 heteroatoms. The van der Waals surface area contributed by atoms with Crippen LogP contribution in [0.3, 0.4) is 0 Å². The molecule has 40 heavy (non-hydrogen) atoms. The molecule has 2 aliphatic rings. The number of carbonyl (C=O) groups excluding carboxylic acids is 1. The highest BCUT2D eigenvalue weighted by molar-refractivity contribution is 8.54. The van der Waals surface area contributed by atoms with Gasteiger partial charge in [-0.3, -0.25) is 13.8 Å². The third-order valence-electron chi connectivity index (χ3n) is 5.51. The molecule has 0 spiro atoms. The van der Waals surface area contributed by atoms with Gasteiger partial charge in [0.25, 0.3) is 5.91 Å². The first kappa shape index (κ1) is 31.2. The van der Waals surface area contributed by atoms with Gasteiger partial charge in [-0.25, -0.2) is 13.8 Å². The van der Waals surface area contributed by atoms with Crippen LogP contribution in [0.15, 0.2) is 41.4 Å². The standard InChI is InChI=1S/C21H30N4O12P2S/c1-21(2)36-17-16(13-34-38(27,28)29)35-20(18(17)37-21)25-12-15(23-24-25)19(26)22-8-9-32-10-11-33-39(30,31)40-14-6-4-3-5-7-14/h3-7,12,16-18,20H,8-11,13H2,1-2H3,(H,22,26)(H,30,31)(H2,27,28,29)/t16-,17-,18-,20-/m1/s1. The highest BCUT2D eigenvalue weighted by atomic mass is 32.7. The van der Waals surface area contributed by atoms with Gasteiger partial charge in [0.05, 0.1) is 32.6 Å². The lowest BCUT2D eigenvalue weighted by Crippen LogP contribution is -2.32. The lowest BCUT2D eigenvalue weighted by molar-refractivity contribution is -0.201. The van der Waals surface area contributed by atoms with Gasteiger partial charge in [-0.1, -0.05) is 23.4 Å². The summed E-state index contributed by atoms with van der Waals surface area (Å²) < 4.78 is 57.0. The van der Waals surface area contributed by atoms with E-state index in [9.17, 15) is 18.8 Å². The van der Waals surface area contributed by atoms with Crippen LogP contribution < -0.4 is 5.32 Å². The number of fused-ring (bicyclic) bond motifs is 1. The second kappa shape index (κ2) is 13.1. The predicted molar refractivity (Wildman–Crippen MR) is 137 cm³/mol. The molecule has 0 aliphatic carbocycles. The van der Waals surface area contributed by atoms with E-state index in [4.69, 9.17) is 33.3 Å². The molecule has 2 aliphatic heterocycles. The minimum atomic E-state index is -4.73. The normalized spacial score (nSPS) is 25.4. The first-order chi connectivity index (χ1) is 18.8. The van der Waals surface area contributed by atoms with Gasteiger partial charge in [0.2, 0.25) is 0 Å². The van der Waals surface area contributed by atoms with Crippen LogP contribution in [0.4, 0.5) is 0 Å². The molecule has 1 aromatic heterocycles. The van der Waals surface area contributed by atoms with Gasteiger partial charge in [0, 0.05) is 11.4 Å². The summed E-state index contributed by atoms with van der Waals surface area (Å²) >= 11 is 0.735. The number of phosphoric acid groups is 1. The van der Waals surface area contributed by atoms with Gasteiger partial charge in [0.15, 0.2) is 17.7 Å². The molecule has 1 aromatic carbocycles. The Kier molecular flexibility index (Phi) is 10.2. The Morgan fingerprint density at radius 2 is 1.82 bits per heavy atom. The van der Waals surface area contributed by atoms with Crippen molar-refractivity contribution >= 4 is 31.9 Å². The number of amides is 1. The van der Waals surface area contributed by atoms with Crippen molar-refractivity contribution in [1.29, 1.82) is 0 Å². The van der Waals surface area contributed by atoms with Gasteiger partial charge >= 0.3 is 14.6 Å². The van der Waals surface area contributed by atoms with Crippen LogP contribution in [0, 0.1) is 0 Å². The number of benzene rings is 1. The fourth-order valence-electron chi connectivity index (χ4n) is 3.96. The topological polar surface area (TPSA) is 210 Å². The maximum Gasteiger partial charge on any atom is 0.469 e.